The fourth-order valence-corrected chi connectivity index (χ4v) is 1.18. The predicted molar refractivity (Wildman–Crippen MR) is 59.3 cm³/mol. The van der Waals surface area contributed by atoms with E-state index in [1.165, 1.54) is 0 Å². The summed E-state index contributed by atoms with van der Waals surface area (Å²) in [6, 6.07) is 1.64. The van der Waals surface area contributed by atoms with Crippen molar-refractivity contribution in [2.45, 2.75) is 19.9 Å². The van der Waals surface area contributed by atoms with Gasteiger partial charge in [-0.25, -0.2) is 4.79 Å². The van der Waals surface area contributed by atoms with Crippen molar-refractivity contribution in [3.8, 4) is 6.07 Å². The van der Waals surface area contributed by atoms with Gasteiger partial charge in [0.25, 0.3) is 5.56 Å². The molecule has 0 fully saturated rings. The molecule has 0 aliphatic heterocycles. The van der Waals surface area contributed by atoms with Crippen LogP contribution < -0.4 is 16.6 Å². The highest BCUT2D eigenvalue weighted by Gasteiger charge is 2.07. The molecule has 0 saturated heterocycles. The van der Waals surface area contributed by atoms with E-state index in [-0.39, 0.29) is 18.0 Å². The average Bonchev–Trinajstić information content (AvgIpc) is 2.30. The molecule has 17 heavy (non-hydrogen) atoms. The van der Waals surface area contributed by atoms with Crippen LogP contribution in [0.2, 0.25) is 0 Å². The molecular weight excluding hydrogens is 224 g/mol. The highest BCUT2D eigenvalue weighted by atomic mass is 16.2. The number of H-pyrrole nitrogens is 1. The number of rotatable bonds is 4. The van der Waals surface area contributed by atoms with Gasteiger partial charge in [-0.1, -0.05) is 6.92 Å². The molecule has 7 heteroatoms. The Balaban J connectivity index is 2.93. The third kappa shape index (κ3) is 3.31. The van der Waals surface area contributed by atoms with Crippen LogP contribution in [0.3, 0.4) is 0 Å². The van der Waals surface area contributed by atoms with Gasteiger partial charge in [0.1, 0.15) is 18.2 Å². The highest BCUT2D eigenvalue weighted by Crippen LogP contribution is 1.85. The van der Waals surface area contributed by atoms with Gasteiger partial charge in [-0.2, -0.15) is 5.26 Å². The second-order valence-electron chi connectivity index (χ2n) is 3.39. The van der Waals surface area contributed by atoms with Crippen LogP contribution in [0.4, 0.5) is 0 Å². The molecule has 1 aromatic rings. The highest BCUT2D eigenvalue weighted by molar-refractivity contribution is 5.75. The SMILES string of the molecule is CCCNC(=O)Cn1cc(C#N)c(=O)[nH]c1=O. The Bertz CT molecular complexity index is 564. The molecular formula is C10H12N4O3. The van der Waals surface area contributed by atoms with Gasteiger partial charge in [-0.15, -0.1) is 0 Å². The average molecular weight is 236 g/mol. The molecule has 2 N–H and O–H groups in total. The summed E-state index contributed by atoms with van der Waals surface area (Å²) in [5.41, 5.74) is -1.66. The van der Waals surface area contributed by atoms with E-state index >= 15 is 0 Å². The molecule has 1 aromatic heterocycles. The van der Waals surface area contributed by atoms with E-state index in [1.54, 1.807) is 6.07 Å². The van der Waals surface area contributed by atoms with Gasteiger partial charge in [0.15, 0.2) is 0 Å². The smallest absolute Gasteiger partial charge is 0.328 e. The van der Waals surface area contributed by atoms with Gasteiger partial charge in [0.2, 0.25) is 5.91 Å². The summed E-state index contributed by atoms with van der Waals surface area (Å²) in [6.07, 6.45) is 1.86. The molecule has 1 rings (SSSR count). The van der Waals surface area contributed by atoms with Crippen molar-refractivity contribution >= 4 is 5.91 Å². The Kier molecular flexibility index (Phi) is 4.22. The van der Waals surface area contributed by atoms with E-state index in [4.69, 9.17) is 5.26 Å². The maximum atomic E-state index is 11.4. The van der Waals surface area contributed by atoms with Gasteiger partial charge in [0, 0.05) is 12.7 Å². The van der Waals surface area contributed by atoms with Crippen LogP contribution in [0, 0.1) is 11.3 Å². The number of hydrogen-bond donors (Lipinski definition) is 2. The minimum absolute atomic E-state index is 0.201. The first-order chi connectivity index (χ1) is 8.08. The van der Waals surface area contributed by atoms with Gasteiger partial charge in [0.05, 0.1) is 0 Å². The van der Waals surface area contributed by atoms with Crippen molar-refractivity contribution in [3.63, 3.8) is 0 Å². The Morgan fingerprint density at radius 2 is 2.29 bits per heavy atom. The maximum Gasteiger partial charge on any atom is 0.328 e. The third-order valence-corrected chi connectivity index (χ3v) is 2.02. The van der Waals surface area contributed by atoms with Crippen LogP contribution >= 0.6 is 0 Å². The topological polar surface area (TPSA) is 108 Å². The number of nitriles is 1. The molecule has 1 heterocycles. The summed E-state index contributed by atoms with van der Waals surface area (Å²) in [5, 5.41) is 11.2. The molecule has 0 radical (unpaired) electrons. The quantitative estimate of drug-likeness (QED) is 0.694. The summed E-state index contributed by atoms with van der Waals surface area (Å²) >= 11 is 0. The first kappa shape index (κ1) is 12.7. The van der Waals surface area contributed by atoms with Crippen LogP contribution in [0.15, 0.2) is 15.8 Å². The zero-order valence-corrected chi connectivity index (χ0v) is 9.32. The van der Waals surface area contributed by atoms with E-state index in [1.807, 2.05) is 11.9 Å². The maximum absolute atomic E-state index is 11.4. The Morgan fingerprint density at radius 3 is 2.88 bits per heavy atom. The van der Waals surface area contributed by atoms with Crippen LogP contribution in [0.5, 0.6) is 0 Å². The zero-order chi connectivity index (χ0) is 12.8. The Labute approximate surface area is 96.7 Å². The molecule has 0 unspecified atom stereocenters. The minimum Gasteiger partial charge on any atom is -0.355 e. The summed E-state index contributed by atoms with van der Waals surface area (Å²) in [5.74, 6) is -0.343. The van der Waals surface area contributed by atoms with Crippen molar-refractivity contribution in [2.75, 3.05) is 6.54 Å². The number of hydrogen-bond acceptors (Lipinski definition) is 4. The first-order valence-corrected chi connectivity index (χ1v) is 5.09. The van der Waals surface area contributed by atoms with Crippen LogP contribution in [0.25, 0.3) is 0 Å². The standard InChI is InChI=1S/C10H12N4O3/c1-2-3-12-8(15)6-14-5-7(4-11)9(16)13-10(14)17/h5H,2-3,6H2,1H3,(H,12,15)(H,13,16,17). The van der Waals surface area contributed by atoms with Crippen LogP contribution in [0.1, 0.15) is 18.9 Å². The minimum atomic E-state index is -0.747. The van der Waals surface area contributed by atoms with Crippen molar-refractivity contribution in [1.82, 2.24) is 14.9 Å². The number of nitrogens with one attached hydrogen (secondary N) is 2. The van der Waals surface area contributed by atoms with Crippen molar-refractivity contribution in [2.24, 2.45) is 0 Å². The van der Waals surface area contributed by atoms with E-state index in [0.29, 0.717) is 6.54 Å². The zero-order valence-electron chi connectivity index (χ0n) is 9.32. The summed E-state index contributed by atoms with van der Waals surface area (Å²) in [6.45, 7) is 2.20. The lowest BCUT2D eigenvalue weighted by molar-refractivity contribution is -0.121. The lowest BCUT2D eigenvalue weighted by atomic mass is 10.3. The van der Waals surface area contributed by atoms with Gasteiger partial charge < -0.3 is 5.32 Å². The number of amides is 1. The van der Waals surface area contributed by atoms with Crippen molar-refractivity contribution < 1.29 is 4.79 Å². The van der Waals surface area contributed by atoms with E-state index in [0.717, 1.165) is 17.2 Å². The summed E-state index contributed by atoms with van der Waals surface area (Å²) in [4.78, 5) is 35.8. The number of carbonyl (C=O) groups is 1. The van der Waals surface area contributed by atoms with Crippen molar-refractivity contribution in [3.05, 3.63) is 32.6 Å². The molecule has 90 valence electrons. The fourth-order valence-electron chi connectivity index (χ4n) is 1.18. The number of nitrogens with zero attached hydrogens (tertiary/aromatic N) is 2. The fraction of sp³-hybridized carbons (Fsp3) is 0.400. The second kappa shape index (κ2) is 5.65. The molecule has 0 saturated carbocycles. The first-order valence-electron chi connectivity index (χ1n) is 5.09. The molecule has 0 bridgehead atoms. The monoisotopic (exact) mass is 236 g/mol. The van der Waals surface area contributed by atoms with E-state index in [9.17, 15) is 14.4 Å². The molecule has 0 aliphatic rings. The second-order valence-corrected chi connectivity index (χ2v) is 3.39. The van der Waals surface area contributed by atoms with Gasteiger partial charge >= 0.3 is 5.69 Å². The Hall–Kier alpha value is -2.36. The van der Waals surface area contributed by atoms with Gasteiger partial charge in [-0.05, 0) is 6.42 Å². The third-order valence-electron chi connectivity index (χ3n) is 2.02. The lowest BCUT2D eigenvalue weighted by Gasteiger charge is -2.05. The van der Waals surface area contributed by atoms with Gasteiger partial charge in [-0.3, -0.25) is 19.1 Å². The normalized spacial score (nSPS) is 9.65. The number of aromatic nitrogens is 2. The predicted octanol–water partition coefficient (Wildman–Crippen LogP) is -1.07. The lowest BCUT2D eigenvalue weighted by Crippen LogP contribution is -2.36. The molecule has 0 atom stereocenters. The molecule has 0 aromatic carbocycles. The van der Waals surface area contributed by atoms with Crippen LogP contribution in [-0.2, 0) is 11.3 Å². The molecule has 0 aliphatic carbocycles. The largest absolute Gasteiger partial charge is 0.355 e. The van der Waals surface area contributed by atoms with E-state index < -0.39 is 11.2 Å². The molecule has 1 amide bonds. The summed E-state index contributed by atoms with van der Waals surface area (Å²) < 4.78 is 0.991. The molecule has 0 spiro atoms. The van der Waals surface area contributed by atoms with Crippen molar-refractivity contribution in [1.29, 1.82) is 5.26 Å². The van der Waals surface area contributed by atoms with Crippen LogP contribution in [-0.4, -0.2) is 22.0 Å². The molecule has 7 nitrogen and oxygen atoms in total. The van der Waals surface area contributed by atoms with E-state index in [2.05, 4.69) is 5.32 Å². The summed E-state index contributed by atoms with van der Waals surface area (Å²) in [7, 11) is 0. The number of carbonyl (C=O) groups excluding carboxylic acids is 1. The Morgan fingerprint density at radius 1 is 1.59 bits per heavy atom. The number of aromatic amines is 1.